The number of benzene rings is 1. The molecule has 1 aliphatic heterocycles. The van der Waals surface area contributed by atoms with Gasteiger partial charge in [-0.2, -0.15) is 0 Å². The molecule has 0 bridgehead atoms. The smallest absolute Gasteiger partial charge is 0.334 e. The Morgan fingerprint density at radius 3 is 2.76 bits per heavy atom. The van der Waals surface area contributed by atoms with E-state index in [0.717, 1.165) is 18.7 Å². The second-order valence-corrected chi connectivity index (χ2v) is 4.16. The Morgan fingerprint density at radius 1 is 1.47 bits per heavy atom. The van der Waals surface area contributed by atoms with Crippen molar-refractivity contribution in [1.29, 1.82) is 0 Å². The van der Waals surface area contributed by atoms with Crippen LogP contribution in [0, 0.1) is 0 Å². The first-order valence-electron chi connectivity index (χ1n) is 5.89. The van der Waals surface area contributed by atoms with E-state index in [2.05, 4.69) is 24.0 Å². The van der Waals surface area contributed by atoms with Crippen molar-refractivity contribution in [2.75, 3.05) is 24.6 Å². The highest BCUT2D eigenvalue weighted by Gasteiger charge is 2.26. The van der Waals surface area contributed by atoms with Gasteiger partial charge in [0.05, 0.1) is 13.2 Å². The zero-order valence-electron chi connectivity index (χ0n) is 9.93. The number of rotatable bonds is 3. The molecular formula is C13H17NO3. The van der Waals surface area contributed by atoms with Gasteiger partial charge in [-0.3, -0.25) is 0 Å². The number of nitrogens with zero attached hydrogens (tertiary/aromatic N) is 1. The third kappa shape index (κ3) is 2.77. The number of hydrogen-bond acceptors (Lipinski definition) is 3. The van der Waals surface area contributed by atoms with Gasteiger partial charge in [0.1, 0.15) is 0 Å². The minimum atomic E-state index is -0.889. The molecule has 1 N–H and O–H groups in total. The summed E-state index contributed by atoms with van der Waals surface area (Å²) in [5.41, 5.74) is 2.36. The molecule has 1 saturated heterocycles. The summed E-state index contributed by atoms with van der Waals surface area (Å²) in [6, 6.07) is 8.26. The van der Waals surface area contributed by atoms with Gasteiger partial charge in [-0.25, -0.2) is 4.79 Å². The van der Waals surface area contributed by atoms with Gasteiger partial charge in [0.2, 0.25) is 0 Å². The maximum absolute atomic E-state index is 10.9. The Labute approximate surface area is 101 Å². The van der Waals surface area contributed by atoms with Crippen LogP contribution in [-0.4, -0.2) is 36.9 Å². The first-order chi connectivity index (χ1) is 8.20. The fraction of sp³-hybridized carbons (Fsp3) is 0.462. The molecule has 0 saturated carbocycles. The summed E-state index contributed by atoms with van der Waals surface area (Å²) in [7, 11) is 0. The quantitative estimate of drug-likeness (QED) is 0.863. The number of ether oxygens (including phenoxy) is 1. The molecule has 1 unspecified atom stereocenters. The molecule has 17 heavy (non-hydrogen) atoms. The van der Waals surface area contributed by atoms with Crippen LogP contribution in [-0.2, 0) is 16.0 Å². The number of morpholine rings is 1. The summed E-state index contributed by atoms with van der Waals surface area (Å²) in [4.78, 5) is 12.9. The third-order valence-corrected chi connectivity index (χ3v) is 3.05. The van der Waals surface area contributed by atoms with Crippen molar-refractivity contribution in [3.63, 3.8) is 0 Å². The minimum Gasteiger partial charge on any atom is -0.479 e. The second kappa shape index (κ2) is 5.19. The molecule has 0 spiro atoms. The van der Waals surface area contributed by atoms with Crippen LogP contribution >= 0.6 is 0 Å². The van der Waals surface area contributed by atoms with E-state index in [1.807, 2.05) is 12.1 Å². The lowest BCUT2D eigenvalue weighted by atomic mass is 10.1. The number of anilines is 1. The van der Waals surface area contributed by atoms with E-state index in [9.17, 15) is 4.79 Å². The number of aliphatic carboxylic acids is 1. The molecule has 0 aliphatic carbocycles. The molecule has 0 aromatic heterocycles. The number of aryl methyl sites for hydroxylation is 1. The molecule has 1 aromatic rings. The maximum Gasteiger partial charge on any atom is 0.334 e. The van der Waals surface area contributed by atoms with Crippen LogP contribution in [0.2, 0.25) is 0 Å². The average Bonchev–Trinajstić information content (AvgIpc) is 2.39. The van der Waals surface area contributed by atoms with E-state index in [-0.39, 0.29) is 0 Å². The van der Waals surface area contributed by atoms with Gasteiger partial charge in [0.25, 0.3) is 0 Å². The highest BCUT2D eigenvalue weighted by Crippen LogP contribution is 2.18. The lowest BCUT2D eigenvalue weighted by Gasteiger charge is -2.32. The molecule has 1 heterocycles. The second-order valence-electron chi connectivity index (χ2n) is 4.16. The van der Waals surface area contributed by atoms with Crippen molar-refractivity contribution >= 4 is 11.7 Å². The third-order valence-electron chi connectivity index (χ3n) is 3.05. The van der Waals surface area contributed by atoms with Crippen molar-refractivity contribution < 1.29 is 14.6 Å². The standard InChI is InChI=1S/C13H17NO3/c1-2-10-3-5-11(6-4-10)14-7-8-17-12(9-14)13(15)16/h3-6,12H,2,7-9H2,1H3,(H,15,16). The van der Waals surface area contributed by atoms with Gasteiger partial charge in [0.15, 0.2) is 6.10 Å². The summed E-state index contributed by atoms with van der Waals surface area (Å²) in [6.07, 6.45) is 0.302. The molecule has 1 aliphatic rings. The van der Waals surface area contributed by atoms with Gasteiger partial charge in [-0.05, 0) is 24.1 Å². The van der Waals surface area contributed by atoms with E-state index < -0.39 is 12.1 Å². The van der Waals surface area contributed by atoms with Crippen LogP contribution in [0.4, 0.5) is 5.69 Å². The lowest BCUT2D eigenvalue weighted by Crippen LogP contribution is -2.46. The van der Waals surface area contributed by atoms with Gasteiger partial charge in [-0.1, -0.05) is 19.1 Å². The topological polar surface area (TPSA) is 49.8 Å². The Kier molecular flexibility index (Phi) is 3.64. The van der Waals surface area contributed by atoms with Crippen molar-refractivity contribution in [3.05, 3.63) is 29.8 Å². The van der Waals surface area contributed by atoms with Crippen LogP contribution < -0.4 is 4.90 Å². The van der Waals surface area contributed by atoms with E-state index in [1.54, 1.807) is 0 Å². The first kappa shape index (κ1) is 11.9. The normalized spacial score (nSPS) is 20.3. The van der Waals surface area contributed by atoms with Crippen LogP contribution in [0.3, 0.4) is 0 Å². The SMILES string of the molecule is CCc1ccc(N2CCOC(C(=O)O)C2)cc1. The molecule has 4 heteroatoms. The monoisotopic (exact) mass is 235 g/mol. The molecule has 0 amide bonds. The summed E-state index contributed by atoms with van der Waals surface area (Å²) < 4.78 is 5.19. The lowest BCUT2D eigenvalue weighted by molar-refractivity contribution is -0.150. The van der Waals surface area contributed by atoms with Crippen molar-refractivity contribution in [2.45, 2.75) is 19.4 Å². The van der Waals surface area contributed by atoms with Crippen molar-refractivity contribution in [3.8, 4) is 0 Å². The molecule has 1 fully saturated rings. The zero-order valence-corrected chi connectivity index (χ0v) is 9.93. The Bertz CT molecular complexity index is 388. The minimum absolute atomic E-state index is 0.417. The van der Waals surface area contributed by atoms with E-state index in [4.69, 9.17) is 9.84 Å². The number of carbonyl (C=O) groups is 1. The fourth-order valence-electron chi connectivity index (χ4n) is 1.98. The predicted octanol–water partition coefficient (Wildman–Crippen LogP) is 1.54. The van der Waals surface area contributed by atoms with Gasteiger partial charge >= 0.3 is 5.97 Å². The van der Waals surface area contributed by atoms with Crippen LogP contribution in [0.1, 0.15) is 12.5 Å². The predicted molar refractivity (Wildman–Crippen MR) is 65.4 cm³/mol. The van der Waals surface area contributed by atoms with Gasteiger partial charge in [-0.15, -0.1) is 0 Å². The molecule has 2 rings (SSSR count). The van der Waals surface area contributed by atoms with E-state index >= 15 is 0 Å². The first-order valence-corrected chi connectivity index (χ1v) is 5.89. The van der Waals surface area contributed by atoms with Gasteiger partial charge < -0.3 is 14.7 Å². The molecule has 4 nitrogen and oxygen atoms in total. The van der Waals surface area contributed by atoms with E-state index in [0.29, 0.717) is 13.2 Å². The number of hydrogen-bond donors (Lipinski definition) is 1. The Morgan fingerprint density at radius 2 is 2.18 bits per heavy atom. The molecular weight excluding hydrogens is 218 g/mol. The fourth-order valence-corrected chi connectivity index (χ4v) is 1.98. The Hall–Kier alpha value is -1.55. The molecule has 1 aromatic carbocycles. The largest absolute Gasteiger partial charge is 0.479 e. The van der Waals surface area contributed by atoms with Crippen molar-refractivity contribution in [1.82, 2.24) is 0 Å². The number of carboxylic acids is 1. The molecule has 0 radical (unpaired) electrons. The highest BCUT2D eigenvalue weighted by molar-refractivity contribution is 5.73. The summed E-state index contributed by atoms with van der Waals surface area (Å²) in [5, 5.41) is 8.93. The van der Waals surface area contributed by atoms with Gasteiger partial charge in [0, 0.05) is 12.2 Å². The van der Waals surface area contributed by atoms with Crippen LogP contribution in [0.5, 0.6) is 0 Å². The zero-order chi connectivity index (χ0) is 12.3. The van der Waals surface area contributed by atoms with Crippen LogP contribution in [0.25, 0.3) is 0 Å². The highest BCUT2D eigenvalue weighted by atomic mass is 16.5. The summed E-state index contributed by atoms with van der Waals surface area (Å²) in [5.74, 6) is -0.889. The maximum atomic E-state index is 10.9. The summed E-state index contributed by atoms with van der Waals surface area (Å²) in [6.45, 7) is 3.74. The Balaban J connectivity index is 2.08. The number of carboxylic acid groups (broad SMARTS) is 1. The average molecular weight is 235 g/mol. The summed E-state index contributed by atoms with van der Waals surface area (Å²) >= 11 is 0. The van der Waals surface area contributed by atoms with Crippen molar-refractivity contribution in [2.24, 2.45) is 0 Å². The van der Waals surface area contributed by atoms with E-state index in [1.165, 1.54) is 5.56 Å². The molecule has 1 atom stereocenters. The van der Waals surface area contributed by atoms with Crippen LogP contribution in [0.15, 0.2) is 24.3 Å². The molecule has 92 valence electrons.